The van der Waals surface area contributed by atoms with Crippen LogP contribution in [-0.2, 0) is 9.53 Å². The van der Waals surface area contributed by atoms with Gasteiger partial charge in [0.15, 0.2) is 0 Å². The molecule has 2 nitrogen and oxygen atoms in total. The van der Waals surface area contributed by atoms with Gasteiger partial charge in [0.2, 0.25) is 0 Å². The fourth-order valence-electron chi connectivity index (χ4n) is 1.70. The molecular weight excluding hydrogens is 192 g/mol. The molecule has 0 radical (unpaired) electrons. The van der Waals surface area contributed by atoms with E-state index in [1.165, 1.54) is 7.11 Å². The van der Waals surface area contributed by atoms with Crippen molar-refractivity contribution < 1.29 is 9.53 Å². The van der Waals surface area contributed by atoms with Gasteiger partial charge < -0.3 is 4.74 Å². The number of carbonyl (C=O) groups is 1. The number of allylic oxidation sites excluding steroid dienone is 1. The molecule has 1 unspecified atom stereocenters. The summed E-state index contributed by atoms with van der Waals surface area (Å²) in [5.41, 5.74) is 2.32. The van der Waals surface area contributed by atoms with Crippen molar-refractivity contribution in [2.75, 3.05) is 7.11 Å². The molecule has 1 aliphatic carbocycles. The van der Waals surface area contributed by atoms with Crippen molar-refractivity contribution in [2.45, 2.75) is 26.6 Å². The lowest BCUT2D eigenvalue weighted by Crippen LogP contribution is -2.15. The van der Waals surface area contributed by atoms with Gasteiger partial charge in [-0.1, -0.05) is 38.3 Å². The molecule has 0 N–H and O–H groups in total. The molecule has 0 aliphatic heterocycles. The molecule has 80 valence electrons. The van der Waals surface area contributed by atoms with E-state index in [-0.39, 0.29) is 11.9 Å². The average molecular weight is 212 g/mol. The highest BCUT2D eigenvalue weighted by Gasteiger charge is 2.50. The van der Waals surface area contributed by atoms with Crippen LogP contribution in [0.25, 0.3) is 0 Å². The van der Waals surface area contributed by atoms with Gasteiger partial charge >= 0.3 is 5.97 Å². The minimum absolute atomic E-state index is 0.0530. The molecule has 1 fully saturated rings. The van der Waals surface area contributed by atoms with Crippen LogP contribution in [0.1, 0.15) is 6.92 Å². The van der Waals surface area contributed by atoms with Crippen LogP contribution in [-0.4, -0.2) is 21.2 Å². The molecule has 14 heavy (non-hydrogen) atoms. The third-order valence-electron chi connectivity index (χ3n) is 2.74. The summed E-state index contributed by atoms with van der Waals surface area (Å²) in [7, 11) is 0.348. The first-order chi connectivity index (χ1) is 6.37. The fraction of sp³-hybridized carbons (Fsp3) is 0.727. The van der Waals surface area contributed by atoms with Gasteiger partial charge in [-0.25, -0.2) is 0 Å². The lowest BCUT2D eigenvalue weighted by atomic mass is 10.3. The Balaban J connectivity index is 2.51. The maximum Gasteiger partial charge on any atom is 0.309 e. The standard InChI is InChI=1S/C11H20O2Si/c1-8-9(6-7-14(3,4)5)10(8)11(12)13-2/h6-10H,1-5H3/t8-,9?,10+/m0/s1. The topological polar surface area (TPSA) is 26.3 Å². The number of rotatable bonds is 3. The SMILES string of the molecule is COC(=O)[C@H]1C(C=C[Si](C)(C)C)[C@@H]1C. The van der Waals surface area contributed by atoms with Gasteiger partial charge in [-0.05, 0) is 11.8 Å². The Hall–Kier alpha value is -0.573. The number of ether oxygens (including phenoxy) is 1. The average Bonchev–Trinajstić information content (AvgIpc) is 2.71. The Morgan fingerprint density at radius 3 is 2.36 bits per heavy atom. The first-order valence-corrected chi connectivity index (χ1v) is 8.72. The molecule has 1 saturated carbocycles. The van der Waals surface area contributed by atoms with Gasteiger partial charge in [0.05, 0.1) is 21.1 Å². The Bertz CT molecular complexity index is 253. The van der Waals surface area contributed by atoms with E-state index in [4.69, 9.17) is 4.74 Å². The number of methoxy groups -OCH3 is 1. The fourth-order valence-corrected chi connectivity index (χ4v) is 2.50. The van der Waals surface area contributed by atoms with E-state index < -0.39 is 8.07 Å². The second-order valence-electron chi connectivity index (χ2n) is 5.21. The van der Waals surface area contributed by atoms with Crippen LogP contribution >= 0.6 is 0 Å². The summed E-state index contributed by atoms with van der Waals surface area (Å²) in [6, 6.07) is 0. The van der Waals surface area contributed by atoms with Gasteiger partial charge in [-0.2, -0.15) is 0 Å². The van der Waals surface area contributed by atoms with Crippen molar-refractivity contribution in [3.8, 4) is 0 Å². The van der Waals surface area contributed by atoms with Gasteiger partial charge in [0, 0.05) is 0 Å². The second-order valence-corrected chi connectivity index (χ2v) is 10.3. The van der Waals surface area contributed by atoms with Crippen LogP contribution in [0.4, 0.5) is 0 Å². The summed E-state index contributed by atoms with van der Waals surface area (Å²) >= 11 is 0. The Kier molecular flexibility index (Phi) is 3.19. The number of hydrogen-bond donors (Lipinski definition) is 0. The smallest absolute Gasteiger partial charge is 0.309 e. The van der Waals surface area contributed by atoms with E-state index in [2.05, 4.69) is 38.3 Å². The normalized spacial score (nSPS) is 31.9. The van der Waals surface area contributed by atoms with Crippen molar-refractivity contribution in [2.24, 2.45) is 17.8 Å². The molecular formula is C11H20O2Si. The molecule has 0 aromatic carbocycles. The number of carbonyl (C=O) groups excluding carboxylic acids is 1. The second kappa shape index (κ2) is 3.89. The van der Waals surface area contributed by atoms with E-state index in [9.17, 15) is 4.79 Å². The summed E-state index contributed by atoms with van der Waals surface area (Å²) in [5, 5.41) is 0. The van der Waals surface area contributed by atoms with Crippen LogP contribution in [0.15, 0.2) is 11.8 Å². The monoisotopic (exact) mass is 212 g/mol. The van der Waals surface area contributed by atoms with Crippen molar-refractivity contribution in [3.05, 3.63) is 11.8 Å². The predicted octanol–water partition coefficient (Wildman–Crippen LogP) is 2.48. The van der Waals surface area contributed by atoms with Crippen LogP contribution in [0, 0.1) is 17.8 Å². The minimum Gasteiger partial charge on any atom is -0.469 e. The Morgan fingerprint density at radius 1 is 1.36 bits per heavy atom. The minimum atomic E-state index is -1.12. The van der Waals surface area contributed by atoms with E-state index in [0.29, 0.717) is 11.8 Å². The van der Waals surface area contributed by atoms with E-state index >= 15 is 0 Å². The predicted molar refractivity (Wildman–Crippen MR) is 60.6 cm³/mol. The zero-order chi connectivity index (χ0) is 10.9. The zero-order valence-electron chi connectivity index (χ0n) is 9.70. The number of esters is 1. The first kappa shape index (κ1) is 11.5. The molecule has 0 aromatic rings. The number of hydrogen-bond acceptors (Lipinski definition) is 2. The molecule has 3 atom stereocenters. The summed E-state index contributed by atoms with van der Waals surface area (Å²) in [6.45, 7) is 9.00. The van der Waals surface area contributed by atoms with Crippen molar-refractivity contribution >= 4 is 14.0 Å². The van der Waals surface area contributed by atoms with Crippen LogP contribution < -0.4 is 0 Å². The maximum atomic E-state index is 11.3. The van der Waals surface area contributed by atoms with Crippen molar-refractivity contribution in [1.82, 2.24) is 0 Å². The van der Waals surface area contributed by atoms with Gasteiger partial charge in [-0.15, -0.1) is 0 Å². The van der Waals surface area contributed by atoms with Crippen LogP contribution in [0.5, 0.6) is 0 Å². The molecule has 0 bridgehead atoms. The molecule has 1 aliphatic rings. The highest BCUT2D eigenvalue weighted by Crippen LogP contribution is 2.47. The maximum absolute atomic E-state index is 11.3. The van der Waals surface area contributed by atoms with E-state index in [1.54, 1.807) is 0 Å². The molecule has 0 amide bonds. The molecule has 0 spiro atoms. The van der Waals surface area contributed by atoms with Gasteiger partial charge in [0.1, 0.15) is 0 Å². The zero-order valence-corrected chi connectivity index (χ0v) is 10.7. The van der Waals surface area contributed by atoms with Crippen LogP contribution in [0.3, 0.4) is 0 Å². The molecule has 3 heteroatoms. The van der Waals surface area contributed by atoms with E-state index in [1.807, 2.05) is 0 Å². The lowest BCUT2D eigenvalue weighted by molar-refractivity contribution is -0.142. The quantitative estimate of drug-likeness (QED) is 0.530. The van der Waals surface area contributed by atoms with Gasteiger partial charge in [-0.3, -0.25) is 4.79 Å². The Labute approximate surface area is 87.3 Å². The van der Waals surface area contributed by atoms with Gasteiger partial charge in [0.25, 0.3) is 0 Å². The van der Waals surface area contributed by atoms with Crippen LogP contribution in [0.2, 0.25) is 19.6 Å². The van der Waals surface area contributed by atoms with Crippen molar-refractivity contribution in [1.29, 1.82) is 0 Å². The highest BCUT2D eigenvalue weighted by atomic mass is 28.3. The summed E-state index contributed by atoms with van der Waals surface area (Å²) in [4.78, 5) is 11.3. The lowest BCUT2D eigenvalue weighted by Gasteiger charge is -2.07. The summed E-state index contributed by atoms with van der Waals surface area (Å²) in [5.74, 6) is 0.958. The molecule has 1 rings (SSSR count). The Morgan fingerprint density at radius 2 is 1.93 bits per heavy atom. The highest BCUT2D eigenvalue weighted by molar-refractivity contribution is 6.80. The van der Waals surface area contributed by atoms with Crippen molar-refractivity contribution in [3.63, 3.8) is 0 Å². The van der Waals surface area contributed by atoms with E-state index in [0.717, 1.165) is 0 Å². The third kappa shape index (κ3) is 2.71. The molecule has 0 heterocycles. The molecule has 0 saturated heterocycles. The summed E-state index contributed by atoms with van der Waals surface area (Å²) in [6.07, 6.45) is 2.22. The first-order valence-electron chi connectivity index (χ1n) is 5.14. The summed E-state index contributed by atoms with van der Waals surface area (Å²) < 4.78 is 4.75. The largest absolute Gasteiger partial charge is 0.469 e. The molecule has 0 aromatic heterocycles. The third-order valence-corrected chi connectivity index (χ3v) is 3.93.